The number of anilines is 2. The van der Waals surface area contributed by atoms with Gasteiger partial charge in [-0.1, -0.05) is 13.3 Å². The molecule has 0 radical (unpaired) electrons. The Morgan fingerprint density at radius 2 is 2.19 bits per heavy atom. The number of nitrogen functional groups attached to an aromatic ring is 1. The number of carbonyl (C=O) groups excluding carboxylic acids is 1. The second-order valence-electron chi connectivity index (χ2n) is 5.76. The molecule has 1 amide bonds. The summed E-state index contributed by atoms with van der Waals surface area (Å²) < 4.78 is 0. The molecule has 0 bridgehead atoms. The maximum absolute atomic E-state index is 12.0. The molecule has 1 aliphatic heterocycles. The van der Waals surface area contributed by atoms with Crippen molar-refractivity contribution in [1.29, 1.82) is 0 Å². The Morgan fingerprint density at radius 1 is 1.38 bits per heavy atom. The number of carbonyl (C=O) groups is 1. The standard InChI is InChI=1S/C17H27N3O/c1-3-7-14-8-5-6-11-20(14)16-12-13(9-10-15(16)18)17(21)19-4-2/h9-10,12,14H,3-8,11,18H2,1-2H3,(H,19,21). The summed E-state index contributed by atoms with van der Waals surface area (Å²) in [5.41, 5.74) is 8.67. The minimum Gasteiger partial charge on any atom is -0.397 e. The van der Waals surface area contributed by atoms with E-state index in [1.54, 1.807) is 0 Å². The summed E-state index contributed by atoms with van der Waals surface area (Å²) in [6.45, 7) is 5.83. The number of piperidine rings is 1. The van der Waals surface area contributed by atoms with E-state index in [0.29, 0.717) is 18.2 Å². The van der Waals surface area contributed by atoms with E-state index >= 15 is 0 Å². The average Bonchev–Trinajstić information content (AvgIpc) is 2.49. The SMILES string of the molecule is CCCC1CCCCN1c1cc(C(=O)NCC)ccc1N. The van der Waals surface area contributed by atoms with Gasteiger partial charge in [-0.15, -0.1) is 0 Å². The molecule has 21 heavy (non-hydrogen) atoms. The van der Waals surface area contributed by atoms with Gasteiger partial charge in [-0.2, -0.15) is 0 Å². The van der Waals surface area contributed by atoms with Gasteiger partial charge in [0.25, 0.3) is 5.91 Å². The van der Waals surface area contributed by atoms with Crippen LogP contribution in [0.1, 0.15) is 56.3 Å². The molecule has 4 nitrogen and oxygen atoms in total. The van der Waals surface area contributed by atoms with Crippen LogP contribution < -0.4 is 16.0 Å². The summed E-state index contributed by atoms with van der Waals surface area (Å²) in [6.07, 6.45) is 6.07. The number of nitrogens with one attached hydrogen (secondary N) is 1. The van der Waals surface area contributed by atoms with E-state index in [9.17, 15) is 4.79 Å². The highest BCUT2D eigenvalue weighted by molar-refractivity contribution is 5.96. The predicted molar refractivity (Wildman–Crippen MR) is 88.8 cm³/mol. The topological polar surface area (TPSA) is 58.4 Å². The molecule has 4 heteroatoms. The zero-order valence-corrected chi connectivity index (χ0v) is 13.2. The van der Waals surface area contributed by atoms with Gasteiger partial charge < -0.3 is 16.0 Å². The van der Waals surface area contributed by atoms with Crippen molar-refractivity contribution in [2.45, 2.75) is 52.0 Å². The van der Waals surface area contributed by atoms with E-state index in [-0.39, 0.29) is 5.91 Å². The van der Waals surface area contributed by atoms with Crippen molar-refractivity contribution >= 4 is 17.3 Å². The number of hydrogen-bond acceptors (Lipinski definition) is 3. The summed E-state index contributed by atoms with van der Waals surface area (Å²) in [4.78, 5) is 14.4. The number of benzene rings is 1. The van der Waals surface area contributed by atoms with Crippen LogP contribution in [-0.4, -0.2) is 25.0 Å². The van der Waals surface area contributed by atoms with Gasteiger partial charge in [0.15, 0.2) is 0 Å². The largest absolute Gasteiger partial charge is 0.397 e. The second-order valence-corrected chi connectivity index (χ2v) is 5.76. The maximum Gasteiger partial charge on any atom is 0.251 e. The van der Waals surface area contributed by atoms with Gasteiger partial charge in [0.2, 0.25) is 0 Å². The van der Waals surface area contributed by atoms with Crippen molar-refractivity contribution in [3.63, 3.8) is 0 Å². The van der Waals surface area contributed by atoms with Gasteiger partial charge in [-0.25, -0.2) is 0 Å². The zero-order chi connectivity index (χ0) is 15.2. The van der Waals surface area contributed by atoms with Crippen molar-refractivity contribution in [3.8, 4) is 0 Å². The highest BCUT2D eigenvalue weighted by Gasteiger charge is 2.24. The first kappa shape index (κ1) is 15.7. The molecule has 116 valence electrons. The first-order valence-electron chi connectivity index (χ1n) is 8.11. The predicted octanol–water partition coefficient (Wildman–Crippen LogP) is 3.18. The second kappa shape index (κ2) is 7.34. The summed E-state index contributed by atoms with van der Waals surface area (Å²) >= 11 is 0. The number of amides is 1. The van der Waals surface area contributed by atoms with Crippen LogP contribution in [0.2, 0.25) is 0 Å². The summed E-state index contributed by atoms with van der Waals surface area (Å²) in [5, 5.41) is 2.85. The van der Waals surface area contributed by atoms with E-state index in [1.807, 2.05) is 25.1 Å². The lowest BCUT2D eigenvalue weighted by atomic mass is 9.96. The highest BCUT2D eigenvalue weighted by Crippen LogP contribution is 2.32. The van der Waals surface area contributed by atoms with Crippen LogP contribution in [0.25, 0.3) is 0 Å². The third kappa shape index (κ3) is 3.69. The van der Waals surface area contributed by atoms with Crippen molar-refractivity contribution in [1.82, 2.24) is 5.32 Å². The molecule has 1 aromatic carbocycles. The monoisotopic (exact) mass is 289 g/mol. The molecule has 1 atom stereocenters. The molecule has 0 saturated carbocycles. The highest BCUT2D eigenvalue weighted by atomic mass is 16.1. The van der Waals surface area contributed by atoms with Crippen LogP contribution in [0.3, 0.4) is 0 Å². The van der Waals surface area contributed by atoms with Crippen molar-refractivity contribution < 1.29 is 4.79 Å². The molecular formula is C17H27N3O. The van der Waals surface area contributed by atoms with Crippen LogP contribution in [-0.2, 0) is 0 Å². The van der Waals surface area contributed by atoms with Crippen LogP contribution in [0, 0.1) is 0 Å². The van der Waals surface area contributed by atoms with Gasteiger partial charge in [0, 0.05) is 24.7 Å². The molecule has 1 heterocycles. The van der Waals surface area contributed by atoms with Gasteiger partial charge in [-0.05, 0) is 50.8 Å². The third-order valence-corrected chi connectivity index (χ3v) is 4.19. The Morgan fingerprint density at radius 3 is 2.90 bits per heavy atom. The molecule has 2 rings (SSSR count). The molecule has 1 fully saturated rings. The Kier molecular flexibility index (Phi) is 5.48. The Balaban J connectivity index is 2.27. The number of nitrogens with zero attached hydrogens (tertiary/aromatic N) is 1. The zero-order valence-electron chi connectivity index (χ0n) is 13.2. The first-order chi connectivity index (χ1) is 10.2. The number of rotatable bonds is 5. The van der Waals surface area contributed by atoms with Crippen LogP contribution in [0.15, 0.2) is 18.2 Å². The molecule has 3 N–H and O–H groups in total. The van der Waals surface area contributed by atoms with Crippen molar-refractivity contribution in [2.75, 3.05) is 23.7 Å². The lowest BCUT2D eigenvalue weighted by Gasteiger charge is -2.38. The van der Waals surface area contributed by atoms with Crippen LogP contribution in [0.5, 0.6) is 0 Å². The fourth-order valence-electron chi connectivity index (χ4n) is 3.15. The number of hydrogen-bond donors (Lipinski definition) is 2. The normalized spacial score (nSPS) is 18.6. The molecule has 1 saturated heterocycles. The Bertz CT molecular complexity index is 485. The van der Waals surface area contributed by atoms with Gasteiger partial charge in [0.1, 0.15) is 0 Å². The maximum atomic E-state index is 12.0. The first-order valence-corrected chi connectivity index (χ1v) is 8.11. The minimum atomic E-state index is -0.0252. The molecule has 1 unspecified atom stereocenters. The van der Waals surface area contributed by atoms with Gasteiger partial charge >= 0.3 is 0 Å². The lowest BCUT2D eigenvalue weighted by Crippen LogP contribution is -2.40. The van der Waals surface area contributed by atoms with Gasteiger partial charge in [0.05, 0.1) is 11.4 Å². The van der Waals surface area contributed by atoms with E-state index in [0.717, 1.165) is 17.9 Å². The smallest absolute Gasteiger partial charge is 0.251 e. The molecular weight excluding hydrogens is 262 g/mol. The van der Waals surface area contributed by atoms with Crippen LogP contribution >= 0.6 is 0 Å². The fourth-order valence-corrected chi connectivity index (χ4v) is 3.15. The lowest BCUT2D eigenvalue weighted by molar-refractivity contribution is 0.0956. The van der Waals surface area contributed by atoms with Gasteiger partial charge in [-0.3, -0.25) is 4.79 Å². The molecule has 0 aromatic heterocycles. The molecule has 0 spiro atoms. The Labute approximate surface area is 127 Å². The van der Waals surface area contributed by atoms with Crippen molar-refractivity contribution in [2.24, 2.45) is 0 Å². The van der Waals surface area contributed by atoms with Crippen molar-refractivity contribution in [3.05, 3.63) is 23.8 Å². The molecule has 1 aliphatic rings. The minimum absolute atomic E-state index is 0.0252. The third-order valence-electron chi connectivity index (χ3n) is 4.19. The molecule has 1 aromatic rings. The van der Waals surface area contributed by atoms with E-state index in [2.05, 4.69) is 17.1 Å². The summed E-state index contributed by atoms with van der Waals surface area (Å²) in [6, 6.07) is 6.17. The van der Waals surface area contributed by atoms with Crippen LogP contribution in [0.4, 0.5) is 11.4 Å². The van der Waals surface area contributed by atoms with E-state index in [4.69, 9.17) is 5.73 Å². The quantitative estimate of drug-likeness (QED) is 0.819. The Hall–Kier alpha value is -1.71. The summed E-state index contributed by atoms with van der Waals surface area (Å²) in [5.74, 6) is -0.0252. The van der Waals surface area contributed by atoms with E-state index in [1.165, 1.54) is 32.1 Å². The fraction of sp³-hybridized carbons (Fsp3) is 0.588. The average molecular weight is 289 g/mol. The summed E-state index contributed by atoms with van der Waals surface area (Å²) in [7, 11) is 0. The number of nitrogens with two attached hydrogens (primary N) is 1. The van der Waals surface area contributed by atoms with E-state index < -0.39 is 0 Å². The molecule has 0 aliphatic carbocycles.